The van der Waals surface area contributed by atoms with Crippen molar-refractivity contribution in [1.82, 2.24) is 9.88 Å². The zero-order valence-electron chi connectivity index (χ0n) is 17.4. The molecule has 1 N–H and O–H groups in total. The first-order valence-electron chi connectivity index (χ1n) is 10.5. The average molecular weight is 412 g/mol. The van der Waals surface area contributed by atoms with E-state index in [2.05, 4.69) is 23.2 Å². The number of nitrogens with zero attached hydrogens (tertiary/aromatic N) is 3. The number of nitrogens with one attached hydrogen (secondary N) is 1. The van der Waals surface area contributed by atoms with E-state index in [0.29, 0.717) is 26.3 Å². The number of hydrogen-bond donors (Lipinski definition) is 1. The number of carbonyl (C=O) groups excluding carboxylic acids is 2. The van der Waals surface area contributed by atoms with E-state index in [1.165, 1.54) is 0 Å². The summed E-state index contributed by atoms with van der Waals surface area (Å²) in [6.45, 7) is 7.51. The molecule has 2 aliphatic heterocycles. The Bertz CT molecular complexity index is 921. The van der Waals surface area contributed by atoms with E-state index >= 15 is 0 Å². The third-order valence-corrected chi connectivity index (χ3v) is 5.55. The molecule has 8 heteroatoms. The molecular weight excluding hydrogens is 384 g/mol. The molecule has 2 amide bonds. The second-order valence-corrected chi connectivity index (χ2v) is 7.67. The van der Waals surface area contributed by atoms with Crippen LogP contribution in [0.25, 0.3) is 10.9 Å². The number of aryl methyl sites for hydroxylation is 1. The zero-order chi connectivity index (χ0) is 20.9. The van der Waals surface area contributed by atoms with Gasteiger partial charge in [-0.25, -0.2) is 4.98 Å². The molecular formula is C22H28N4O4. The number of anilines is 2. The van der Waals surface area contributed by atoms with Gasteiger partial charge in [0.2, 0.25) is 11.8 Å². The summed E-state index contributed by atoms with van der Waals surface area (Å²) in [6.07, 6.45) is 0.379. The van der Waals surface area contributed by atoms with Crippen LogP contribution in [0.3, 0.4) is 0 Å². The van der Waals surface area contributed by atoms with Crippen molar-refractivity contribution in [3.05, 3.63) is 29.8 Å². The Morgan fingerprint density at radius 1 is 1.00 bits per heavy atom. The summed E-state index contributed by atoms with van der Waals surface area (Å²) >= 11 is 0. The molecule has 0 aliphatic carbocycles. The van der Waals surface area contributed by atoms with Gasteiger partial charge in [0.1, 0.15) is 5.82 Å². The van der Waals surface area contributed by atoms with Gasteiger partial charge in [0.25, 0.3) is 0 Å². The maximum Gasteiger partial charge on any atom is 0.224 e. The van der Waals surface area contributed by atoms with E-state index in [1.54, 1.807) is 4.90 Å². The van der Waals surface area contributed by atoms with Crippen molar-refractivity contribution in [3.63, 3.8) is 0 Å². The van der Waals surface area contributed by atoms with Crippen LogP contribution in [0.2, 0.25) is 0 Å². The average Bonchev–Trinajstić information content (AvgIpc) is 2.79. The van der Waals surface area contributed by atoms with E-state index < -0.39 is 0 Å². The molecule has 0 unspecified atom stereocenters. The maximum atomic E-state index is 12.3. The lowest BCUT2D eigenvalue weighted by atomic mass is 10.1. The SMILES string of the molecule is Cc1cc(N2CCOCC2)nc2ccc(NC(=O)CCC(=O)N3CCOCC3)cc12. The van der Waals surface area contributed by atoms with Gasteiger partial charge in [-0.15, -0.1) is 0 Å². The normalized spacial score (nSPS) is 17.2. The van der Waals surface area contributed by atoms with E-state index in [9.17, 15) is 9.59 Å². The molecule has 2 aromatic rings. The van der Waals surface area contributed by atoms with Crippen LogP contribution in [-0.2, 0) is 19.1 Å². The standard InChI is InChI=1S/C22H28N4O4/c1-16-14-20(25-6-10-29-11-7-25)24-19-3-2-17(15-18(16)19)23-21(27)4-5-22(28)26-8-12-30-13-9-26/h2-3,14-15H,4-13H2,1H3,(H,23,27). The van der Waals surface area contributed by atoms with Gasteiger partial charge in [0.05, 0.1) is 31.9 Å². The lowest BCUT2D eigenvalue weighted by molar-refractivity contribution is -0.136. The van der Waals surface area contributed by atoms with Crippen LogP contribution >= 0.6 is 0 Å². The summed E-state index contributed by atoms with van der Waals surface area (Å²) < 4.78 is 10.7. The molecule has 0 bridgehead atoms. The van der Waals surface area contributed by atoms with Crippen molar-refractivity contribution in [3.8, 4) is 0 Å². The first-order valence-corrected chi connectivity index (χ1v) is 10.5. The van der Waals surface area contributed by atoms with Crippen molar-refractivity contribution in [2.24, 2.45) is 0 Å². The summed E-state index contributed by atoms with van der Waals surface area (Å²) in [5.74, 6) is 0.802. The fourth-order valence-corrected chi connectivity index (χ4v) is 3.82. The van der Waals surface area contributed by atoms with Gasteiger partial charge in [-0.05, 0) is 36.8 Å². The number of ether oxygens (including phenoxy) is 2. The fraction of sp³-hybridized carbons (Fsp3) is 0.500. The first kappa shape index (κ1) is 20.6. The highest BCUT2D eigenvalue weighted by Gasteiger charge is 2.18. The number of rotatable bonds is 5. The van der Waals surface area contributed by atoms with E-state index in [4.69, 9.17) is 14.5 Å². The van der Waals surface area contributed by atoms with Gasteiger partial charge in [0, 0.05) is 50.1 Å². The fourth-order valence-electron chi connectivity index (χ4n) is 3.82. The van der Waals surface area contributed by atoms with Gasteiger partial charge in [-0.3, -0.25) is 9.59 Å². The number of benzene rings is 1. The van der Waals surface area contributed by atoms with Crippen molar-refractivity contribution in [2.75, 3.05) is 62.8 Å². The third kappa shape index (κ3) is 4.88. The van der Waals surface area contributed by atoms with Crippen LogP contribution in [0.5, 0.6) is 0 Å². The monoisotopic (exact) mass is 412 g/mol. The molecule has 4 rings (SSSR count). The second-order valence-electron chi connectivity index (χ2n) is 7.67. The van der Waals surface area contributed by atoms with Crippen LogP contribution in [0.1, 0.15) is 18.4 Å². The quantitative estimate of drug-likeness (QED) is 0.808. The third-order valence-electron chi connectivity index (χ3n) is 5.55. The van der Waals surface area contributed by atoms with Crippen molar-refractivity contribution in [2.45, 2.75) is 19.8 Å². The first-order chi connectivity index (χ1) is 14.6. The van der Waals surface area contributed by atoms with Crippen LogP contribution in [0, 0.1) is 6.92 Å². The van der Waals surface area contributed by atoms with Crippen LogP contribution < -0.4 is 10.2 Å². The summed E-state index contributed by atoms with van der Waals surface area (Å²) in [6, 6.07) is 7.82. The molecule has 30 heavy (non-hydrogen) atoms. The van der Waals surface area contributed by atoms with Crippen molar-refractivity contribution < 1.29 is 19.1 Å². The number of carbonyl (C=O) groups is 2. The van der Waals surface area contributed by atoms with Gasteiger partial charge in [0.15, 0.2) is 0 Å². The molecule has 0 atom stereocenters. The Morgan fingerprint density at radius 3 is 2.43 bits per heavy atom. The summed E-state index contributed by atoms with van der Waals surface area (Å²) in [7, 11) is 0. The molecule has 2 saturated heterocycles. The largest absolute Gasteiger partial charge is 0.378 e. The molecule has 3 heterocycles. The summed E-state index contributed by atoms with van der Waals surface area (Å²) in [5.41, 5.74) is 2.73. The zero-order valence-corrected chi connectivity index (χ0v) is 17.4. The number of fused-ring (bicyclic) bond motifs is 1. The van der Waals surface area contributed by atoms with Crippen LogP contribution in [0.4, 0.5) is 11.5 Å². The highest BCUT2D eigenvalue weighted by molar-refractivity contribution is 5.96. The van der Waals surface area contributed by atoms with E-state index in [1.807, 2.05) is 18.2 Å². The van der Waals surface area contributed by atoms with Crippen LogP contribution in [-0.4, -0.2) is 74.3 Å². The molecule has 1 aromatic carbocycles. The minimum atomic E-state index is -0.161. The number of morpholine rings is 2. The predicted molar refractivity (Wildman–Crippen MR) is 115 cm³/mol. The smallest absolute Gasteiger partial charge is 0.224 e. The molecule has 0 spiro atoms. The summed E-state index contributed by atoms with van der Waals surface area (Å²) in [5, 5.41) is 3.92. The number of pyridine rings is 1. The molecule has 1 aromatic heterocycles. The van der Waals surface area contributed by atoms with Crippen molar-refractivity contribution in [1.29, 1.82) is 0 Å². The Balaban J connectivity index is 1.38. The van der Waals surface area contributed by atoms with E-state index in [-0.39, 0.29) is 24.7 Å². The van der Waals surface area contributed by atoms with Crippen LogP contribution in [0.15, 0.2) is 24.3 Å². The number of amides is 2. The van der Waals surface area contributed by atoms with E-state index in [0.717, 1.165) is 54.3 Å². The maximum absolute atomic E-state index is 12.3. The highest BCUT2D eigenvalue weighted by atomic mass is 16.5. The minimum absolute atomic E-state index is 0.00245. The predicted octanol–water partition coefficient (Wildman–Crippen LogP) is 1.96. The van der Waals surface area contributed by atoms with Gasteiger partial charge in [-0.2, -0.15) is 0 Å². The number of hydrogen-bond acceptors (Lipinski definition) is 6. The Hall–Kier alpha value is -2.71. The Labute approximate surface area is 176 Å². The van der Waals surface area contributed by atoms with Gasteiger partial charge < -0.3 is 24.6 Å². The minimum Gasteiger partial charge on any atom is -0.378 e. The van der Waals surface area contributed by atoms with Gasteiger partial charge >= 0.3 is 0 Å². The lowest BCUT2D eigenvalue weighted by Gasteiger charge is -2.28. The lowest BCUT2D eigenvalue weighted by Crippen LogP contribution is -2.40. The molecule has 0 saturated carbocycles. The van der Waals surface area contributed by atoms with Crippen molar-refractivity contribution >= 4 is 34.2 Å². The molecule has 0 radical (unpaired) electrons. The molecule has 8 nitrogen and oxygen atoms in total. The highest BCUT2D eigenvalue weighted by Crippen LogP contribution is 2.26. The topological polar surface area (TPSA) is 84.0 Å². The Morgan fingerprint density at radius 2 is 1.70 bits per heavy atom. The Kier molecular flexibility index (Phi) is 6.44. The molecule has 160 valence electrons. The number of aromatic nitrogens is 1. The molecule has 2 fully saturated rings. The molecule has 2 aliphatic rings. The second kappa shape index (κ2) is 9.40. The van der Waals surface area contributed by atoms with Gasteiger partial charge in [-0.1, -0.05) is 0 Å². The summed E-state index contributed by atoms with van der Waals surface area (Å²) in [4.78, 5) is 33.3.